The van der Waals surface area contributed by atoms with Gasteiger partial charge in [-0.2, -0.15) is 0 Å². The van der Waals surface area contributed by atoms with Crippen molar-refractivity contribution in [3.63, 3.8) is 0 Å². The van der Waals surface area contributed by atoms with Crippen molar-refractivity contribution in [2.75, 3.05) is 10.6 Å². The molecule has 2 N–H and O–H groups in total. The summed E-state index contributed by atoms with van der Waals surface area (Å²) < 4.78 is 0. The van der Waals surface area contributed by atoms with Gasteiger partial charge in [0.05, 0.1) is 0 Å². The molecule has 0 heterocycles. The minimum Gasteiger partial charge on any atom is -0.371 e. The lowest BCUT2D eigenvalue weighted by Gasteiger charge is -2.27. The van der Waals surface area contributed by atoms with Gasteiger partial charge in [0, 0.05) is 11.4 Å². The molecule has 128 valence electrons. The molecule has 3 nitrogen and oxygen atoms in total. The second kappa shape index (κ2) is 8.00. The van der Waals surface area contributed by atoms with Crippen LogP contribution in [0.4, 0.5) is 11.4 Å². The fraction of sp³-hybridized carbons (Fsp3) is 0.381. The van der Waals surface area contributed by atoms with Crippen LogP contribution in [0.1, 0.15) is 45.2 Å². The molecule has 2 aromatic rings. The molecule has 0 unspecified atom stereocenters. The number of hydrogen-bond donors (Lipinski definition) is 2. The van der Waals surface area contributed by atoms with E-state index in [2.05, 4.69) is 42.7 Å². The zero-order chi connectivity index (χ0) is 17.6. The van der Waals surface area contributed by atoms with Crippen LogP contribution in [-0.2, 0) is 17.6 Å². The Hall–Kier alpha value is -2.29. The van der Waals surface area contributed by atoms with Crippen LogP contribution >= 0.6 is 0 Å². The maximum atomic E-state index is 12.7. The normalized spacial score (nSPS) is 11.2. The molecule has 0 aliphatic rings. The van der Waals surface area contributed by atoms with E-state index in [9.17, 15) is 4.79 Å². The third-order valence-corrected chi connectivity index (χ3v) is 4.14. The lowest BCUT2D eigenvalue weighted by Crippen LogP contribution is -2.44. The quantitative estimate of drug-likeness (QED) is 0.750. The topological polar surface area (TPSA) is 41.1 Å². The molecule has 0 spiro atoms. The average Bonchev–Trinajstić information content (AvgIpc) is 2.55. The summed E-state index contributed by atoms with van der Waals surface area (Å²) in [4.78, 5) is 12.7. The van der Waals surface area contributed by atoms with Crippen molar-refractivity contribution in [3.8, 4) is 0 Å². The van der Waals surface area contributed by atoms with E-state index in [1.807, 2.05) is 44.2 Å². The second-order valence-corrected chi connectivity index (χ2v) is 6.67. The molecule has 2 rings (SSSR count). The number of para-hydroxylation sites is 1. The molecule has 0 atom stereocenters. The lowest BCUT2D eigenvalue weighted by molar-refractivity contribution is -0.119. The maximum absolute atomic E-state index is 12.7. The van der Waals surface area contributed by atoms with E-state index in [0.717, 1.165) is 30.6 Å². The summed E-state index contributed by atoms with van der Waals surface area (Å²) in [6.45, 7) is 8.09. The van der Waals surface area contributed by atoms with Crippen LogP contribution in [0, 0.1) is 0 Å². The molecule has 0 saturated carbocycles. The first-order valence-electron chi connectivity index (χ1n) is 8.72. The molecule has 0 aliphatic heterocycles. The largest absolute Gasteiger partial charge is 0.371 e. The van der Waals surface area contributed by atoms with Gasteiger partial charge < -0.3 is 10.6 Å². The lowest BCUT2D eigenvalue weighted by atomic mass is 10.0. The van der Waals surface area contributed by atoms with Gasteiger partial charge in [-0.3, -0.25) is 4.79 Å². The predicted molar refractivity (Wildman–Crippen MR) is 103 cm³/mol. The molecule has 0 bridgehead atoms. The van der Waals surface area contributed by atoms with Gasteiger partial charge in [0.25, 0.3) is 0 Å². The Bertz CT molecular complexity index is 692. The number of rotatable bonds is 7. The first-order chi connectivity index (χ1) is 11.5. The highest BCUT2D eigenvalue weighted by Gasteiger charge is 2.28. The Kier molecular flexibility index (Phi) is 6.02. The van der Waals surface area contributed by atoms with E-state index >= 15 is 0 Å². The van der Waals surface area contributed by atoms with E-state index in [4.69, 9.17) is 0 Å². The number of benzene rings is 2. The standard InChI is InChI=1S/C21H28N2O/c1-5-10-16-11-9-13-18(15-16)22-20(24)21(3,4)23-19-14-8-7-12-17(19)6-2/h7-9,11-15,23H,5-6,10H2,1-4H3,(H,22,24). The van der Waals surface area contributed by atoms with Crippen molar-refractivity contribution in [2.45, 2.75) is 52.5 Å². The van der Waals surface area contributed by atoms with Crippen molar-refractivity contribution in [1.82, 2.24) is 0 Å². The van der Waals surface area contributed by atoms with Gasteiger partial charge in [0.1, 0.15) is 5.54 Å². The van der Waals surface area contributed by atoms with Crippen LogP contribution in [-0.4, -0.2) is 11.4 Å². The molecule has 0 saturated heterocycles. The predicted octanol–water partition coefficient (Wildman–Crippen LogP) is 5.03. The molecular formula is C21H28N2O. The summed E-state index contributed by atoms with van der Waals surface area (Å²) in [5, 5.41) is 6.42. The Balaban J connectivity index is 2.11. The summed E-state index contributed by atoms with van der Waals surface area (Å²) in [5.41, 5.74) is 3.62. The Labute approximate surface area is 145 Å². The average molecular weight is 324 g/mol. The van der Waals surface area contributed by atoms with Crippen molar-refractivity contribution in [2.24, 2.45) is 0 Å². The van der Waals surface area contributed by atoms with Crippen molar-refractivity contribution in [3.05, 3.63) is 59.7 Å². The Morgan fingerprint density at radius 2 is 1.79 bits per heavy atom. The van der Waals surface area contributed by atoms with Gasteiger partial charge in [-0.05, 0) is 56.0 Å². The minimum absolute atomic E-state index is 0.0398. The van der Waals surface area contributed by atoms with Crippen LogP contribution in [0.3, 0.4) is 0 Å². The Morgan fingerprint density at radius 3 is 2.50 bits per heavy atom. The molecule has 0 radical (unpaired) electrons. The molecule has 0 aromatic heterocycles. The smallest absolute Gasteiger partial charge is 0.249 e. The third-order valence-electron chi connectivity index (χ3n) is 4.14. The molecule has 24 heavy (non-hydrogen) atoms. The summed E-state index contributed by atoms with van der Waals surface area (Å²) in [6.07, 6.45) is 3.05. The first-order valence-corrected chi connectivity index (χ1v) is 8.72. The van der Waals surface area contributed by atoms with Gasteiger partial charge in [0.2, 0.25) is 5.91 Å². The highest BCUT2D eigenvalue weighted by atomic mass is 16.2. The van der Waals surface area contributed by atoms with E-state index in [-0.39, 0.29) is 5.91 Å². The van der Waals surface area contributed by atoms with E-state index in [1.54, 1.807) is 0 Å². The molecule has 0 fully saturated rings. The van der Waals surface area contributed by atoms with Gasteiger partial charge >= 0.3 is 0 Å². The SMILES string of the molecule is CCCc1cccc(NC(=O)C(C)(C)Nc2ccccc2CC)c1. The van der Waals surface area contributed by atoms with Crippen LogP contribution in [0.2, 0.25) is 0 Å². The van der Waals surface area contributed by atoms with Crippen LogP contribution in [0.25, 0.3) is 0 Å². The fourth-order valence-electron chi connectivity index (χ4n) is 2.72. The van der Waals surface area contributed by atoms with Crippen LogP contribution in [0.15, 0.2) is 48.5 Å². The highest BCUT2D eigenvalue weighted by Crippen LogP contribution is 2.22. The van der Waals surface area contributed by atoms with Crippen molar-refractivity contribution in [1.29, 1.82) is 0 Å². The molecule has 3 heteroatoms. The molecule has 1 amide bonds. The summed E-state index contributed by atoms with van der Waals surface area (Å²) >= 11 is 0. The van der Waals surface area contributed by atoms with Gasteiger partial charge in [-0.15, -0.1) is 0 Å². The van der Waals surface area contributed by atoms with Crippen molar-refractivity contribution >= 4 is 17.3 Å². The number of hydrogen-bond acceptors (Lipinski definition) is 2. The number of aryl methyl sites for hydroxylation is 2. The molecular weight excluding hydrogens is 296 g/mol. The van der Waals surface area contributed by atoms with Crippen LogP contribution < -0.4 is 10.6 Å². The second-order valence-electron chi connectivity index (χ2n) is 6.67. The Morgan fingerprint density at radius 1 is 1.04 bits per heavy atom. The summed E-state index contributed by atoms with van der Waals surface area (Å²) in [7, 11) is 0. The number of nitrogens with one attached hydrogen (secondary N) is 2. The molecule has 0 aliphatic carbocycles. The number of anilines is 2. The third kappa shape index (κ3) is 4.60. The van der Waals surface area contributed by atoms with Crippen LogP contribution in [0.5, 0.6) is 0 Å². The van der Waals surface area contributed by atoms with Crippen molar-refractivity contribution < 1.29 is 4.79 Å². The zero-order valence-corrected chi connectivity index (χ0v) is 15.1. The molecule has 2 aromatic carbocycles. The maximum Gasteiger partial charge on any atom is 0.249 e. The van der Waals surface area contributed by atoms with E-state index in [1.165, 1.54) is 11.1 Å². The first kappa shape index (κ1) is 18.1. The zero-order valence-electron chi connectivity index (χ0n) is 15.1. The summed E-state index contributed by atoms with van der Waals surface area (Å²) in [6, 6.07) is 16.2. The van der Waals surface area contributed by atoms with Gasteiger partial charge in [-0.1, -0.05) is 50.6 Å². The highest BCUT2D eigenvalue weighted by molar-refractivity contribution is 5.99. The number of carbonyl (C=O) groups excluding carboxylic acids is 1. The van der Waals surface area contributed by atoms with E-state index in [0.29, 0.717) is 0 Å². The fourth-order valence-corrected chi connectivity index (χ4v) is 2.72. The summed E-state index contributed by atoms with van der Waals surface area (Å²) in [5.74, 6) is -0.0398. The van der Waals surface area contributed by atoms with Gasteiger partial charge in [-0.25, -0.2) is 0 Å². The van der Waals surface area contributed by atoms with E-state index < -0.39 is 5.54 Å². The number of carbonyl (C=O) groups is 1. The van der Waals surface area contributed by atoms with Gasteiger partial charge in [0.15, 0.2) is 0 Å². The minimum atomic E-state index is -0.702. The monoisotopic (exact) mass is 324 g/mol. The number of amides is 1.